The number of carbonyl (C=O) groups is 1. The van der Waals surface area contributed by atoms with Crippen LogP contribution in [0.4, 0.5) is 0 Å². The maximum atomic E-state index is 11.3. The maximum Gasteiger partial charge on any atom is 0.356 e. The standard InChI is InChI=1S/C12H16N2O3/c1-16-12(15)11-6-9(2-3-14-11)17-10-4-8(5-10)7-13/h2-3,6,8,10H,4-5,7,13H2,1H3. The van der Waals surface area contributed by atoms with E-state index in [0.717, 1.165) is 12.8 Å². The van der Waals surface area contributed by atoms with Gasteiger partial charge in [-0.25, -0.2) is 9.78 Å². The van der Waals surface area contributed by atoms with Crippen molar-refractivity contribution in [3.05, 3.63) is 24.0 Å². The van der Waals surface area contributed by atoms with E-state index >= 15 is 0 Å². The van der Waals surface area contributed by atoms with Crippen LogP contribution in [0.15, 0.2) is 18.3 Å². The van der Waals surface area contributed by atoms with Crippen LogP contribution in [0.25, 0.3) is 0 Å². The Morgan fingerprint density at radius 3 is 3.00 bits per heavy atom. The van der Waals surface area contributed by atoms with E-state index in [1.165, 1.54) is 7.11 Å². The Kier molecular flexibility index (Phi) is 3.58. The third kappa shape index (κ3) is 2.74. The number of rotatable bonds is 4. The predicted molar refractivity (Wildman–Crippen MR) is 61.8 cm³/mol. The summed E-state index contributed by atoms with van der Waals surface area (Å²) in [5.74, 6) is 0.770. The highest BCUT2D eigenvalue weighted by molar-refractivity contribution is 5.87. The van der Waals surface area contributed by atoms with E-state index in [1.54, 1.807) is 18.3 Å². The average molecular weight is 236 g/mol. The molecule has 0 aromatic carbocycles. The van der Waals surface area contributed by atoms with Crippen LogP contribution in [0.5, 0.6) is 5.75 Å². The first kappa shape index (κ1) is 11.9. The van der Waals surface area contributed by atoms with Gasteiger partial charge in [0.05, 0.1) is 13.2 Å². The molecule has 0 bridgehead atoms. The third-order valence-corrected chi connectivity index (χ3v) is 2.95. The molecule has 1 saturated carbocycles. The fourth-order valence-corrected chi connectivity index (χ4v) is 1.86. The smallest absolute Gasteiger partial charge is 0.356 e. The van der Waals surface area contributed by atoms with E-state index in [1.807, 2.05) is 0 Å². The van der Waals surface area contributed by atoms with Crippen molar-refractivity contribution in [3.63, 3.8) is 0 Å². The van der Waals surface area contributed by atoms with E-state index in [0.29, 0.717) is 18.2 Å². The molecule has 1 aromatic heterocycles. The lowest BCUT2D eigenvalue weighted by molar-refractivity contribution is 0.0584. The third-order valence-electron chi connectivity index (χ3n) is 2.95. The Labute approximate surface area is 99.9 Å². The van der Waals surface area contributed by atoms with Crippen LogP contribution in [0, 0.1) is 5.92 Å². The number of methoxy groups -OCH3 is 1. The van der Waals surface area contributed by atoms with Gasteiger partial charge in [0.25, 0.3) is 0 Å². The summed E-state index contributed by atoms with van der Waals surface area (Å²) in [7, 11) is 1.33. The van der Waals surface area contributed by atoms with Crippen LogP contribution in [-0.4, -0.2) is 30.7 Å². The molecule has 2 N–H and O–H groups in total. The van der Waals surface area contributed by atoms with Crippen LogP contribution in [0.2, 0.25) is 0 Å². The van der Waals surface area contributed by atoms with E-state index < -0.39 is 5.97 Å². The molecule has 1 aliphatic rings. The number of carbonyl (C=O) groups excluding carboxylic acids is 1. The van der Waals surface area contributed by atoms with Gasteiger partial charge in [-0.05, 0) is 31.4 Å². The van der Waals surface area contributed by atoms with Gasteiger partial charge in [0.2, 0.25) is 0 Å². The highest BCUT2D eigenvalue weighted by Crippen LogP contribution is 2.30. The van der Waals surface area contributed by atoms with Crippen LogP contribution in [-0.2, 0) is 4.74 Å². The molecule has 1 aliphatic carbocycles. The fourth-order valence-electron chi connectivity index (χ4n) is 1.86. The number of hydrogen-bond acceptors (Lipinski definition) is 5. The van der Waals surface area contributed by atoms with Crippen LogP contribution >= 0.6 is 0 Å². The Morgan fingerprint density at radius 2 is 2.35 bits per heavy atom. The highest BCUT2D eigenvalue weighted by Gasteiger charge is 2.29. The second-order valence-electron chi connectivity index (χ2n) is 4.18. The van der Waals surface area contributed by atoms with Gasteiger partial charge >= 0.3 is 5.97 Å². The molecule has 0 radical (unpaired) electrons. The normalized spacial score (nSPS) is 22.7. The van der Waals surface area contributed by atoms with Crippen molar-refractivity contribution in [1.29, 1.82) is 0 Å². The summed E-state index contributed by atoms with van der Waals surface area (Å²) in [5, 5.41) is 0. The summed E-state index contributed by atoms with van der Waals surface area (Å²) in [4.78, 5) is 15.2. The first-order valence-electron chi connectivity index (χ1n) is 5.64. The lowest BCUT2D eigenvalue weighted by Crippen LogP contribution is -2.37. The summed E-state index contributed by atoms with van der Waals surface area (Å²) in [6.07, 6.45) is 3.70. The molecule has 0 unspecified atom stereocenters. The highest BCUT2D eigenvalue weighted by atomic mass is 16.5. The Hall–Kier alpha value is -1.62. The molecule has 0 saturated heterocycles. The number of ether oxygens (including phenoxy) is 2. The van der Waals surface area contributed by atoms with Crippen LogP contribution < -0.4 is 10.5 Å². The number of aromatic nitrogens is 1. The fraction of sp³-hybridized carbons (Fsp3) is 0.500. The first-order valence-corrected chi connectivity index (χ1v) is 5.64. The van der Waals surface area contributed by atoms with Crippen molar-refractivity contribution in [1.82, 2.24) is 4.98 Å². The summed E-state index contributed by atoms with van der Waals surface area (Å²) in [5.41, 5.74) is 5.81. The van der Waals surface area contributed by atoms with Crippen molar-refractivity contribution in [3.8, 4) is 5.75 Å². The van der Waals surface area contributed by atoms with Gasteiger partial charge in [0, 0.05) is 12.3 Å². The zero-order valence-corrected chi connectivity index (χ0v) is 9.76. The van der Waals surface area contributed by atoms with Gasteiger partial charge in [0.1, 0.15) is 5.75 Å². The van der Waals surface area contributed by atoms with Gasteiger partial charge < -0.3 is 15.2 Å². The molecule has 1 aromatic rings. The Bertz CT molecular complexity index is 402. The number of pyridine rings is 1. The molecule has 0 amide bonds. The lowest BCUT2D eigenvalue weighted by atomic mass is 9.82. The second kappa shape index (κ2) is 5.14. The molecule has 0 spiro atoms. The van der Waals surface area contributed by atoms with E-state index in [4.69, 9.17) is 10.5 Å². The summed E-state index contributed by atoms with van der Waals surface area (Å²) >= 11 is 0. The quantitative estimate of drug-likeness (QED) is 0.789. The van der Waals surface area contributed by atoms with Crippen molar-refractivity contribution in [2.45, 2.75) is 18.9 Å². The molecule has 2 rings (SSSR count). The average Bonchev–Trinajstić information content (AvgIpc) is 2.32. The van der Waals surface area contributed by atoms with Gasteiger partial charge in [-0.15, -0.1) is 0 Å². The van der Waals surface area contributed by atoms with E-state index in [-0.39, 0.29) is 11.8 Å². The molecule has 92 valence electrons. The topological polar surface area (TPSA) is 74.4 Å². The molecule has 0 aliphatic heterocycles. The number of esters is 1. The zero-order valence-electron chi connectivity index (χ0n) is 9.76. The lowest BCUT2D eigenvalue weighted by Gasteiger charge is -2.34. The van der Waals surface area contributed by atoms with Crippen molar-refractivity contribution in [2.75, 3.05) is 13.7 Å². The molecule has 5 heteroatoms. The molecule has 17 heavy (non-hydrogen) atoms. The van der Waals surface area contributed by atoms with Crippen molar-refractivity contribution < 1.29 is 14.3 Å². The van der Waals surface area contributed by atoms with Crippen LogP contribution in [0.3, 0.4) is 0 Å². The Balaban J connectivity index is 1.95. The van der Waals surface area contributed by atoms with Crippen molar-refractivity contribution in [2.24, 2.45) is 11.7 Å². The summed E-state index contributed by atoms with van der Waals surface area (Å²) in [6.45, 7) is 0.712. The minimum atomic E-state index is -0.455. The predicted octanol–water partition coefficient (Wildman–Crippen LogP) is 0.984. The van der Waals surface area contributed by atoms with Crippen molar-refractivity contribution >= 4 is 5.97 Å². The maximum absolute atomic E-state index is 11.3. The molecule has 5 nitrogen and oxygen atoms in total. The summed E-state index contributed by atoms with van der Waals surface area (Å²) in [6, 6.07) is 3.34. The molecular formula is C12H16N2O3. The van der Waals surface area contributed by atoms with Gasteiger partial charge in [-0.2, -0.15) is 0 Å². The van der Waals surface area contributed by atoms with Crippen LogP contribution in [0.1, 0.15) is 23.3 Å². The largest absolute Gasteiger partial charge is 0.490 e. The molecule has 1 heterocycles. The minimum absolute atomic E-state index is 0.205. The zero-order chi connectivity index (χ0) is 12.3. The molecule has 0 atom stereocenters. The van der Waals surface area contributed by atoms with Gasteiger partial charge in [0.15, 0.2) is 5.69 Å². The first-order chi connectivity index (χ1) is 8.22. The van der Waals surface area contributed by atoms with Gasteiger partial charge in [-0.1, -0.05) is 0 Å². The SMILES string of the molecule is COC(=O)c1cc(OC2CC(CN)C2)ccn1. The number of nitrogens with zero attached hydrogens (tertiary/aromatic N) is 1. The number of nitrogens with two attached hydrogens (primary N) is 1. The number of hydrogen-bond donors (Lipinski definition) is 1. The molecule has 1 fully saturated rings. The molecular weight excluding hydrogens is 220 g/mol. The monoisotopic (exact) mass is 236 g/mol. The summed E-state index contributed by atoms with van der Waals surface area (Å²) < 4.78 is 10.3. The van der Waals surface area contributed by atoms with Gasteiger partial charge in [-0.3, -0.25) is 0 Å². The van der Waals surface area contributed by atoms with E-state index in [2.05, 4.69) is 9.72 Å². The Morgan fingerprint density at radius 1 is 1.59 bits per heavy atom. The minimum Gasteiger partial charge on any atom is -0.490 e. The second-order valence-corrected chi connectivity index (χ2v) is 4.18. The van der Waals surface area contributed by atoms with E-state index in [9.17, 15) is 4.79 Å².